The van der Waals surface area contributed by atoms with E-state index < -0.39 is 5.91 Å². The number of carbonyl (C=O) groups excluding carboxylic acids is 2. The van der Waals surface area contributed by atoms with Crippen molar-refractivity contribution >= 4 is 23.6 Å². The van der Waals surface area contributed by atoms with Crippen LogP contribution in [0.15, 0.2) is 48.7 Å². The Kier molecular flexibility index (Phi) is 5.41. The molecule has 3 aromatic rings. The van der Waals surface area contributed by atoms with Crippen LogP contribution in [0.2, 0.25) is 0 Å². The van der Waals surface area contributed by atoms with Gasteiger partial charge < -0.3 is 10.6 Å². The van der Waals surface area contributed by atoms with Gasteiger partial charge in [0.15, 0.2) is 5.82 Å². The Morgan fingerprint density at radius 2 is 1.93 bits per heavy atom. The molecule has 0 aliphatic heterocycles. The molecule has 0 aliphatic carbocycles. The first kappa shape index (κ1) is 18.1. The molecule has 138 valence electrons. The predicted octanol–water partition coefficient (Wildman–Crippen LogP) is 2.65. The summed E-state index contributed by atoms with van der Waals surface area (Å²) < 4.78 is 0. The second kappa shape index (κ2) is 8.09. The molecule has 0 aliphatic rings. The second-order valence-corrected chi connectivity index (χ2v) is 6.01. The lowest BCUT2D eigenvalue weighted by molar-refractivity contribution is 0.102. The number of aromatic amines is 1. The molecule has 2 heterocycles. The van der Waals surface area contributed by atoms with Gasteiger partial charge in [-0.1, -0.05) is 12.1 Å². The molecule has 9 heteroatoms. The average molecular weight is 365 g/mol. The van der Waals surface area contributed by atoms with Crippen molar-refractivity contribution in [2.45, 2.75) is 19.9 Å². The third kappa shape index (κ3) is 4.88. The van der Waals surface area contributed by atoms with Gasteiger partial charge in [0.2, 0.25) is 5.95 Å². The quantitative estimate of drug-likeness (QED) is 0.553. The van der Waals surface area contributed by atoms with E-state index in [1.165, 1.54) is 0 Å². The number of aromatic nitrogens is 4. The molecule has 2 aromatic heterocycles. The number of amides is 3. The number of hydrogen-bond donors (Lipinski definition) is 4. The number of rotatable bonds is 5. The Morgan fingerprint density at radius 1 is 1.07 bits per heavy atom. The van der Waals surface area contributed by atoms with Gasteiger partial charge in [0.1, 0.15) is 5.69 Å². The van der Waals surface area contributed by atoms with E-state index in [0.717, 1.165) is 0 Å². The van der Waals surface area contributed by atoms with Gasteiger partial charge in [-0.15, -0.1) is 5.10 Å². The molecule has 0 spiro atoms. The van der Waals surface area contributed by atoms with Crippen molar-refractivity contribution in [1.29, 1.82) is 0 Å². The molecule has 0 atom stereocenters. The van der Waals surface area contributed by atoms with Crippen LogP contribution in [0.3, 0.4) is 0 Å². The normalized spacial score (nSPS) is 10.5. The van der Waals surface area contributed by atoms with E-state index >= 15 is 0 Å². The molecule has 0 saturated heterocycles. The summed E-state index contributed by atoms with van der Waals surface area (Å²) in [5, 5.41) is 14.7. The first-order valence-electron chi connectivity index (χ1n) is 8.34. The largest absolute Gasteiger partial charge is 0.336 e. The number of H-pyrrole nitrogens is 1. The Morgan fingerprint density at radius 3 is 2.67 bits per heavy atom. The van der Waals surface area contributed by atoms with Crippen molar-refractivity contribution in [3.8, 4) is 11.5 Å². The zero-order chi connectivity index (χ0) is 19.2. The summed E-state index contributed by atoms with van der Waals surface area (Å²) in [5.74, 6) is 0.192. The monoisotopic (exact) mass is 365 g/mol. The number of nitrogens with one attached hydrogen (secondary N) is 4. The first-order valence-corrected chi connectivity index (χ1v) is 8.34. The van der Waals surface area contributed by atoms with Crippen molar-refractivity contribution < 1.29 is 9.59 Å². The fraction of sp³-hybridized carbons (Fsp3) is 0.167. The van der Waals surface area contributed by atoms with E-state index in [1.807, 2.05) is 19.9 Å². The Hall–Kier alpha value is -3.75. The topological polar surface area (TPSA) is 125 Å². The molecule has 3 rings (SSSR count). The van der Waals surface area contributed by atoms with Crippen molar-refractivity contribution in [2.75, 3.05) is 10.6 Å². The molecule has 0 saturated carbocycles. The summed E-state index contributed by atoms with van der Waals surface area (Å²) in [6.07, 6.45) is 1.64. The van der Waals surface area contributed by atoms with Crippen molar-refractivity contribution in [3.63, 3.8) is 0 Å². The highest BCUT2D eigenvalue weighted by Gasteiger charge is 2.12. The molecular weight excluding hydrogens is 346 g/mol. The van der Waals surface area contributed by atoms with Crippen LogP contribution in [-0.4, -0.2) is 38.1 Å². The van der Waals surface area contributed by atoms with Crippen molar-refractivity contribution in [1.82, 2.24) is 25.5 Å². The molecule has 0 radical (unpaired) electrons. The van der Waals surface area contributed by atoms with Gasteiger partial charge in [-0.2, -0.15) is 4.98 Å². The lowest BCUT2D eigenvalue weighted by atomic mass is 10.2. The molecule has 0 bridgehead atoms. The van der Waals surface area contributed by atoms with Crippen LogP contribution in [0.4, 0.5) is 16.4 Å². The number of nitrogens with zero attached hydrogens (tertiary/aromatic N) is 3. The lowest BCUT2D eigenvalue weighted by Gasteiger charge is -2.10. The number of anilines is 2. The number of carbonyl (C=O) groups is 2. The molecule has 4 N–H and O–H groups in total. The van der Waals surface area contributed by atoms with E-state index in [9.17, 15) is 9.59 Å². The van der Waals surface area contributed by atoms with E-state index in [4.69, 9.17) is 0 Å². The van der Waals surface area contributed by atoms with E-state index in [0.29, 0.717) is 22.8 Å². The lowest BCUT2D eigenvalue weighted by Crippen LogP contribution is -2.34. The van der Waals surface area contributed by atoms with Crippen LogP contribution in [0.5, 0.6) is 0 Å². The second-order valence-electron chi connectivity index (χ2n) is 6.01. The zero-order valence-electron chi connectivity index (χ0n) is 14.9. The summed E-state index contributed by atoms with van der Waals surface area (Å²) in [6, 6.07) is 11.7. The molecule has 0 fully saturated rings. The van der Waals surface area contributed by atoms with E-state index in [-0.39, 0.29) is 18.0 Å². The van der Waals surface area contributed by atoms with Gasteiger partial charge in [-0.05, 0) is 44.2 Å². The van der Waals surface area contributed by atoms with Gasteiger partial charge in [0, 0.05) is 23.5 Å². The van der Waals surface area contributed by atoms with Gasteiger partial charge in [-0.25, -0.2) is 4.79 Å². The molecule has 1 aromatic carbocycles. The SMILES string of the molecule is CC(C)NC(=O)Nc1cccc(C(=O)Nc2n[nH]c(-c3ccccn3)n2)c1. The third-order valence-corrected chi connectivity index (χ3v) is 3.42. The van der Waals surface area contributed by atoms with Crippen LogP contribution in [-0.2, 0) is 0 Å². The molecule has 3 amide bonds. The number of urea groups is 1. The van der Waals surface area contributed by atoms with Crippen LogP contribution in [0.25, 0.3) is 11.5 Å². The standard InChI is InChI=1S/C18H19N7O2/c1-11(2)20-18(27)21-13-7-5-6-12(10-13)16(26)23-17-22-15(24-25-17)14-8-3-4-9-19-14/h3-11H,1-2H3,(H2,20,21,27)(H2,22,23,24,25,26). The van der Waals surface area contributed by atoms with Crippen molar-refractivity contribution in [2.24, 2.45) is 0 Å². The van der Waals surface area contributed by atoms with Gasteiger partial charge in [0.25, 0.3) is 5.91 Å². The maximum atomic E-state index is 12.4. The molecule has 27 heavy (non-hydrogen) atoms. The fourth-order valence-corrected chi connectivity index (χ4v) is 2.28. The predicted molar refractivity (Wildman–Crippen MR) is 101 cm³/mol. The highest BCUT2D eigenvalue weighted by Crippen LogP contribution is 2.14. The maximum absolute atomic E-state index is 12.4. The molecule has 0 unspecified atom stereocenters. The van der Waals surface area contributed by atoms with Gasteiger partial charge in [0.05, 0.1) is 0 Å². The summed E-state index contributed by atoms with van der Waals surface area (Å²) in [6.45, 7) is 3.72. The van der Waals surface area contributed by atoms with Crippen LogP contribution >= 0.6 is 0 Å². The highest BCUT2D eigenvalue weighted by atomic mass is 16.2. The zero-order valence-corrected chi connectivity index (χ0v) is 14.9. The smallest absolute Gasteiger partial charge is 0.319 e. The minimum Gasteiger partial charge on any atom is -0.336 e. The van der Waals surface area contributed by atoms with Crippen LogP contribution < -0.4 is 16.0 Å². The Bertz CT molecular complexity index is 938. The first-order chi connectivity index (χ1) is 13.0. The number of benzene rings is 1. The summed E-state index contributed by atoms with van der Waals surface area (Å²) in [4.78, 5) is 32.6. The van der Waals surface area contributed by atoms with Crippen LogP contribution in [0.1, 0.15) is 24.2 Å². The summed E-state index contributed by atoms with van der Waals surface area (Å²) in [7, 11) is 0. The molecular formula is C18H19N7O2. The van der Waals surface area contributed by atoms with Gasteiger partial charge >= 0.3 is 6.03 Å². The van der Waals surface area contributed by atoms with E-state index in [1.54, 1.807) is 42.6 Å². The highest BCUT2D eigenvalue weighted by molar-refractivity contribution is 6.04. The summed E-state index contributed by atoms with van der Waals surface area (Å²) in [5.41, 5.74) is 1.49. The maximum Gasteiger partial charge on any atom is 0.319 e. The van der Waals surface area contributed by atoms with Gasteiger partial charge in [-0.3, -0.25) is 20.2 Å². The number of hydrogen-bond acceptors (Lipinski definition) is 5. The third-order valence-electron chi connectivity index (χ3n) is 3.42. The molecule has 9 nitrogen and oxygen atoms in total. The number of pyridine rings is 1. The van der Waals surface area contributed by atoms with Crippen LogP contribution in [0, 0.1) is 0 Å². The van der Waals surface area contributed by atoms with E-state index in [2.05, 4.69) is 36.1 Å². The minimum absolute atomic E-state index is 0.00974. The average Bonchev–Trinajstić information content (AvgIpc) is 3.10. The fourth-order valence-electron chi connectivity index (χ4n) is 2.28. The Balaban J connectivity index is 1.67. The Labute approximate surface area is 155 Å². The summed E-state index contributed by atoms with van der Waals surface area (Å²) >= 11 is 0. The minimum atomic E-state index is -0.394. The van der Waals surface area contributed by atoms with Crippen molar-refractivity contribution in [3.05, 3.63) is 54.2 Å².